The summed E-state index contributed by atoms with van der Waals surface area (Å²) in [4.78, 5) is 12.5. The Hall–Kier alpha value is -2.81. The van der Waals surface area contributed by atoms with Gasteiger partial charge < -0.3 is 5.32 Å². The van der Waals surface area contributed by atoms with Gasteiger partial charge in [-0.05, 0) is 48.4 Å². The van der Waals surface area contributed by atoms with Gasteiger partial charge in [-0.1, -0.05) is 41.9 Å². The van der Waals surface area contributed by atoms with Crippen molar-refractivity contribution in [3.63, 3.8) is 0 Å². The molecule has 162 valence electrons. The van der Waals surface area contributed by atoms with Crippen LogP contribution in [0.1, 0.15) is 5.56 Å². The van der Waals surface area contributed by atoms with Crippen LogP contribution in [-0.2, 0) is 21.2 Å². The Morgan fingerprint density at radius 2 is 1.61 bits per heavy atom. The molecule has 1 N–H and O–H groups in total. The number of rotatable bonds is 8. The number of benzene rings is 3. The molecule has 9 heteroatoms. The topological polar surface area (TPSA) is 66.5 Å². The Labute approximate surface area is 184 Å². The summed E-state index contributed by atoms with van der Waals surface area (Å²) >= 11 is 5.85. The molecule has 0 aromatic heterocycles. The molecule has 31 heavy (non-hydrogen) atoms. The van der Waals surface area contributed by atoms with Gasteiger partial charge >= 0.3 is 0 Å². The predicted molar refractivity (Wildman–Crippen MR) is 115 cm³/mol. The molecule has 0 atom stereocenters. The Morgan fingerprint density at radius 1 is 0.935 bits per heavy atom. The molecule has 0 aliphatic heterocycles. The molecule has 0 unspecified atom stereocenters. The minimum atomic E-state index is -4.01. The molecule has 0 aliphatic rings. The maximum atomic E-state index is 13.4. The highest BCUT2D eigenvalue weighted by atomic mass is 35.5. The van der Waals surface area contributed by atoms with E-state index in [1.54, 1.807) is 0 Å². The molecular weight excluding hydrogens is 446 g/mol. The van der Waals surface area contributed by atoms with Gasteiger partial charge in [-0.2, -0.15) is 4.31 Å². The number of anilines is 1. The lowest BCUT2D eigenvalue weighted by Crippen LogP contribution is -2.39. The number of nitrogens with zero attached hydrogens (tertiary/aromatic N) is 1. The van der Waals surface area contributed by atoms with E-state index >= 15 is 0 Å². The van der Waals surface area contributed by atoms with Crippen LogP contribution in [0.5, 0.6) is 0 Å². The number of carbonyl (C=O) groups excluding carboxylic acids is 1. The second-order valence-electron chi connectivity index (χ2n) is 6.71. The summed E-state index contributed by atoms with van der Waals surface area (Å²) in [5.41, 5.74) is 0.927. The Bertz CT molecular complexity index is 1160. The summed E-state index contributed by atoms with van der Waals surface area (Å²) in [6, 6.07) is 17.8. The van der Waals surface area contributed by atoms with E-state index in [-0.39, 0.29) is 17.1 Å². The van der Waals surface area contributed by atoms with E-state index in [1.165, 1.54) is 30.3 Å². The Kier molecular flexibility index (Phi) is 7.37. The maximum absolute atomic E-state index is 13.4. The molecule has 0 spiro atoms. The van der Waals surface area contributed by atoms with Crippen molar-refractivity contribution < 1.29 is 22.0 Å². The van der Waals surface area contributed by atoms with Gasteiger partial charge in [0.05, 0.1) is 11.4 Å². The molecule has 3 rings (SSSR count). The first-order valence-corrected chi connectivity index (χ1v) is 11.1. The van der Waals surface area contributed by atoms with E-state index in [2.05, 4.69) is 5.32 Å². The third-order valence-corrected chi connectivity index (χ3v) is 6.58. The first-order chi connectivity index (χ1) is 14.8. The van der Waals surface area contributed by atoms with Crippen LogP contribution in [0, 0.1) is 11.6 Å². The van der Waals surface area contributed by atoms with Crippen molar-refractivity contribution in [2.75, 3.05) is 18.4 Å². The van der Waals surface area contributed by atoms with Crippen LogP contribution in [0.2, 0.25) is 5.02 Å². The Balaban J connectivity index is 1.81. The zero-order valence-corrected chi connectivity index (χ0v) is 17.8. The molecule has 5 nitrogen and oxygen atoms in total. The summed E-state index contributed by atoms with van der Waals surface area (Å²) in [7, 11) is -4.01. The lowest BCUT2D eigenvalue weighted by Gasteiger charge is -2.22. The largest absolute Gasteiger partial charge is 0.325 e. The third kappa shape index (κ3) is 6.10. The zero-order valence-electron chi connectivity index (χ0n) is 16.3. The molecule has 1 amide bonds. The average molecular weight is 465 g/mol. The van der Waals surface area contributed by atoms with E-state index in [0.717, 1.165) is 22.0 Å². The summed E-state index contributed by atoms with van der Waals surface area (Å²) in [6.07, 6.45) is 0.381. The number of amides is 1. The van der Waals surface area contributed by atoms with Gasteiger partial charge in [0.2, 0.25) is 15.9 Å². The standard InChI is InChI=1S/C22H19ClF2N2O3S/c23-17-6-9-19(10-7-17)31(29,30)27(13-12-16-4-2-1-3-5-16)15-22(28)26-18-8-11-20(24)21(25)14-18/h1-11,14H,12-13,15H2,(H,26,28). The summed E-state index contributed by atoms with van der Waals surface area (Å²) in [5.74, 6) is -2.85. The van der Waals surface area contributed by atoms with E-state index in [4.69, 9.17) is 11.6 Å². The first kappa shape index (κ1) is 22.9. The van der Waals surface area contributed by atoms with Crippen molar-refractivity contribution in [3.05, 3.63) is 95.0 Å². The molecular formula is C22H19ClF2N2O3S. The number of carbonyl (C=O) groups is 1. The third-order valence-electron chi connectivity index (χ3n) is 4.47. The molecule has 0 saturated heterocycles. The van der Waals surface area contributed by atoms with Crippen molar-refractivity contribution in [3.8, 4) is 0 Å². The summed E-state index contributed by atoms with van der Waals surface area (Å²) < 4.78 is 53.8. The van der Waals surface area contributed by atoms with Gasteiger partial charge in [0.25, 0.3) is 0 Å². The van der Waals surface area contributed by atoms with Crippen molar-refractivity contribution in [2.24, 2.45) is 0 Å². The molecule has 0 heterocycles. The first-order valence-electron chi connectivity index (χ1n) is 9.30. The van der Waals surface area contributed by atoms with Crippen LogP contribution in [0.25, 0.3) is 0 Å². The molecule has 3 aromatic carbocycles. The normalized spacial score (nSPS) is 11.5. The molecule has 0 aliphatic carbocycles. The van der Waals surface area contributed by atoms with Crippen LogP contribution >= 0.6 is 11.6 Å². The molecule has 0 fully saturated rings. The second-order valence-corrected chi connectivity index (χ2v) is 9.08. The molecule has 0 saturated carbocycles. The van der Waals surface area contributed by atoms with Crippen LogP contribution in [-0.4, -0.2) is 31.7 Å². The highest BCUT2D eigenvalue weighted by Gasteiger charge is 2.26. The summed E-state index contributed by atoms with van der Waals surface area (Å²) in [6.45, 7) is -0.461. The minimum Gasteiger partial charge on any atom is -0.325 e. The predicted octanol–water partition coefficient (Wildman–Crippen LogP) is 4.49. The van der Waals surface area contributed by atoms with Crippen molar-refractivity contribution >= 4 is 33.2 Å². The fraction of sp³-hybridized carbons (Fsp3) is 0.136. The van der Waals surface area contributed by atoms with Crippen LogP contribution in [0.3, 0.4) is 0 Å². The van der Waals surface area contributed by atoms with Crippen molar-refractivity contribution in [1.29, 1.82) is 0 Å². The van der Waals surface area contributed by atoms with E-state index < -0.39 is 34.1 Å². The monoisotopic (exact) mass is 464 g/mol. The summed E-state index contributed by atoms with van der Waals surface area (Å²) in [5, 5.41) is 2.78. The van der Waals surface area contributed by atoms with Crippen molar-refractivity contribution in [2.45, 2.75) is 11.3 Å². The quantitative estimate of drug-likeness (QED) is 0.534. The average Bonchev–Trinajstić information content (AvgIpc) is 2.74. The number of hydrogen-bond acceptors (Lipinski definition) is 3. The van der Waals surface area contributed by atoms with Gasteiger partial charge in [-0.3, -0.25) is 4.79 Å². The van der Waals surface area contributed by atoms with Gasteiger partial charge in [-0.25, -0.2) is 17.2 Å². The lowest BCUT2D eigenvalue weighted by molar-refractivity contribution is -0.116. The van der Waals surface area contributed by atoms with E-state index in [1.807, 2.05) is 30.3 Å². The molecule has 0 bridgehead atoms. The maximum Gasteiger partial charge on any atom is 0.243 e. The Morgan fingerprint density at radius 3 is 2.26 bits per heavy atom. The van der Waals surface area contributed by atoms with Crippen molar-refractivity contribution in [1.82, 2.24) is 4.31 Å². The van der Waals surface area contributed by atoms with Gasteiger partial charge in [-0.15, -0.1) is 0 Å². The lowest BCUT2D eigenvalue weighted by atomic mass is 10.1. The number of sulfonamides is 1. The van der Waals surface area contributed by atoms with Gasteiger partial charge in [0.15, 0.2) is 11.6 Å². The van der Waals surface area contributed by atoms with Gasteiger partial charge in [0, 0.05) is 23.3 Å². The highest BCUT2D eigenvalue weighted by Crippen LogP contribution is 2.20. The fourth-order valence-electron chi connectivity index (χ4n) is 2.87. The van der Waals surface area contributed by atoms with Gasteiger partial charge in [0.1, 0.15) is 0 Å². The highest BCUT2D eigenvalue weighted by molar-refractivity contribution is 7.89. The molecule has 3 aromatic rings. The van der Waals surface area contributed by atoms with Crippen LogP contribution < -0.4 is 5.32 Å². The van der Waals surface area contributed by atoms with Crippen LogP contribution in [0.15, 0.2) is 77.7 Å². The van der Waals surface area contributed by atoms with E-state index in [9.17, 15) is 22.0 Å². The number of hydrogen-bond donors (Lipinski definition) is 1. The smallest absolute Gasteiger partial charge is 0.243 e. The fourth-order valence-corrected chi connectivity index (χ4v) is 4.40. The zero-order chi connectivity index (χ0) is 22.4. The number of nitrogens with one attached hydrogen (secondary N) is 1. The van der Waals surface area contributed by atoms with E-state index in [0.29, 0.717) is 11.4 Å². The SMILES string of the molecule is O=C(CN(CCc1ccccc1)S(=O)(=O)c1ccc(Cl)cc1)Nc1ccc(F)c(F)c1. The van der Waals surface area contributed by atoms with Crippen LogP contribution in [0.4, 0.5) is 14.5 Å². The molecule has 0 radical (unpaired) electrons. The second kappa shape index (κ2) is 10.00. The number of halogens is 3. The minimum absolute atomic E-state index is 0.00871.